The minimum Gasteiger partial charge on any atom is -0.504 e. The fraction of sp³-hybridized carbons (Fsp3) is 0.471. The molecule has 1 heterocycles. The van der Waals surface area contributed by atoms with Gasteiger partial charge >= 0.3 is 0 Å². The SMILES string of the molecule is CCCCc1nn(-c2ccc(C)cc2)c(CCC)c1O. The first-order chi connectivity index (χ1) is 9.67. The molecule has 0 radical (unpaired) electrons. The second kappa shape index (κ2) is 6.60. The molecule has 0 fully saturated rings. The van der Waals surface area contributed by atoms with Crippen molar-refractivity contribution in [2.75, 3.05) is 0 Å². The zero-order valence-electron chi connectivity index (χ0n) is 12.7. The maximum Gasteiger partial charge on any atom is 0.160 e. The topological polar surface area (TPSA) is 38.0 Å². The Bertz CT molecular complexity index is 555. The first-order valence-corrected chi connectivity index (χ1v) is 7.54. The number of aromatic hydroxyl groups is 1. The van der Waals surface area contributed by atoms with Crippen molar-refractivity contribution in [3.63, 3.8) is 0 Å². The first kappa shape index (κ1) is 14.6. The van der Waals surface area contributed by atoms with Gasteiger partial charge in [-0.2, -0.15) is 5.10 Å². The Kier molecular flexibility index (Phi) is 4.83. The summed E-state index contributed by atoms with van der Waals surface area (Å²) in [5.74, 6) is 0.390. The molecule has 0 aliphatic carbocycles. The van der Waals surface area contributed by atoms with Crippen LogP contribution in [-0.2, 0) is 12.8 Å². The van der Waals surface area contributed by atoms with Crippen LogP contribution in [0.5, 0.6) is 5.75 Å². The van der Waals surface area contributed by atoms with Crippen molar-refractivity contribution >= 4 is 0 Å². The van der Waals surface area contributed by atoms with E-state index in [9.17, 15) is 5.11 Å². The van der Waals surface area contributed by atoms with Gasteiger partial charge in [0.2, 0.25) is 0 Å². The second-order valence-corrected chi connectivity index (χ2v) is 5.34. The van der Waals surface area contributed by atoms with Gasteiger partial charge in [0, 0.05) is 0 Å². The van der Waals surface area contributed by atoms with E-state index in [1.807, 2.05) is 4.68 Å². The Hall–Kier alpha value is -1.77. The molecular weight excluding hydrogens is 248 g/mol. The van der Waals surface area contributed by atoms with E-state index in [2.05, 4.69) is 50.1 Å². The smallest absolute Gasteiger partial charge is 0.160 e. The average Bonchev–Trinajstić information content (AvgIpc) is 2.75. The molecule has 0 saturated heterocycles. The number of hydrogen-bond donors (Lipinski definition) is 1. The van der Waals surface area contributed by atoms with E-state index < -0.39 is 0 Å². The molecule has 20 heavy (non-hydrogen) atoms. The van der Waals surface area contributed by atoms with Crippen molar-refractivity contribution in [3.05, 3.63) is 41.2 Å². The fourth-order valence-electron chi connectivity index (χ4n) is 2.37. The summed E-state index contributed by atoms with van der Waals surface area (Å²) in [4.78, 5) is 0. The highest BCUT2D eigenvalue weighted by atomic mass is 16.3. The molecule has 1 N–H and O–H groups in total. The summed E-state index contributed by atoms with van der Waals surface area (Å²) in [7, 11) is 0. The molecule has 3 heteroatoms. The van der Waals surface area contributed by atoms with Gasteiger partial charge in [-0.25, -0.2) is 4.68 Å². The molecule has 0 bridgehead atoms. The van der Waals surface area contributed by atoms with Crippen LogP contribution in [0.15, 0.2) is 24.3 Å². The van der Waals surface area contributed by atoms with Crippen LogP contribution >= 0.6 is 0 Å². The van der Waals surface area contributed by atoms with E-state index >= 15 is 0 Å². The van der Waals surface area contributed by atoms with Gasteiger partial charge in [-0.05, 0) is 38.3 Å². The molecule has 0 atom stereocenters. The van der Waals surface area contributed by atoms with Crippen molar-refractivity contribution in [2.24, 2.45) is 0 Å². The quantitative estimate of drug-likeness (QED) is 0.856. The van der Waals surface area contributed by atoms with Crippen LogP contribution in [-0.4, -0.2) is 14.9 Å². The van der Waals surface area contributed by atoms with E-state index in [0.29, 0.717) is 5.75 Å². The first-order valence-electron chi connectivity index (χ1n) is 7.54. The summed E-state index contributed by atoms with van der Waals surface area (Å²) < 4.78 is 1.91. The van der Waals surface area contributed by atoms with Crippen LogP contribution in [0.25, 0.3) is 5.69 Å². The predicted molar refractivity (Wildman–Crippen MR) is 82.6 cm³/mol. The molecular formula is C17H24N2O. The highest BCUT2D eigenvalue weighted by Gasteiger charge is 2.17. The normalized spacial score (nSPS) is 10.9. The third-order valence-corrected chi connectivity index (χ3v) is 3.56. The van der Waals surface area contributed by atoms with Crippen LogP contribution in [0.4, 0.5) is 0 Å². The lowest BCUT2D eigenvalue weighted by Gasteiger charge is -2.07. The van der Waals surface area contributed by atoms with Crippen molar-refractivity contribution in [1.29, 1.82) is 0 Å². The summed E-state index contributed by atoms with van der Waals surface area (Å²) >= 11 is 0. The predicted octanol–water partition coefficient (Wildman–Crippen LogP) is 4.18. The monoisotopic (exact) mass is 272 g/mol. The Morgan fingerprint density at radius 3 is 2.35 bits per heavy atom. The Morgan fingerprint density at radius 1 is 1.05 bits per heavy atom. The Balaban J connectivity index is 2.42. The summed E-state index contributed by atoms with van der Waals surface area (Å²) in [6, 6.07) is 8.28. The molecule has 0 unspecified atom stereocenters. The molecule has 2 aromatic rings. The zero-order valence-corrected chi connectivity index (χ0v) is 12.7. The molecule has 0 spiro atoms. The maximum atomic E-state index is 10.4. The highest BCUT2D eigenvalue weighted by Crippen LogP contribution is 2.27. The maximum absolute atomic E-state index is 10.4. The largest absolute Gasteiger partial charge is 0.504 e. The van der Waals surface area contributed by atoms with Crippen molar-refractivity contribution < 1.29 is 5.11 Å². The third kappa shape index (κ3) is 3.03. The number of unbranched alkanes of at least 4 members (excludes halogenated alkanes) is 1. The third-order valence-electron chi connectivity index (χ3n) is 3.56. The molecule has 3 nitrogen and oxygen atoms in total. The van der Waals surface area contributed by atoms with Gasteiger partial charge in [-0.1, -0.05) is 44.4 Å². The van der Waals surface area contributed by atoms with Gasteiger partial charge in [-0.15, -0.1) is 0 Å². The fourth-order valence-corrected chi connectivity index (χ4v) is 2.37. The van der Waals surface area contributed by atoms with Crippen molar-refractivity contribution in [1.82, 2.24) is 9.78 Å². The molecule has 0 amide bonds. The highest BCUT2D eigenvalue weighted by molar-refractivity contribution is 5.42. The van der Waals surface area contributed by atoms with Crippen LogP contribution in [0.3, 0.4) is 0 Å². The number of hydrogen-bond acceptors (Lipinski definition) is 2. The summed E-state index contributed by atoms with van der Waals surface area (Å²) in [6.07, 6.45) is 4.86. The van der Waals surface area contributed by atoms with E-state index in [0.717, 1.165) is 49.2 Å². The van der Waals surface area contributed by atoms with Crippen LogP contribution in [0.1, 0.15) is 50.1 Å². The number of nitrogens with zero attached hydrogens (tertiary/aromatic N) is 2. The molecule has 1 aromatic heterocycles. The van der Waals surface area contributed by atoms with Gasteiger partial charge in [0.15, 0.2) is 5.75 Å². The lowest BCUT2D eigenvalue weighted by Crippen LogP contribution is -2.02. The van der Waals surface area contributed by atoms with Gasteiger partial charge in [0.25, 0.3) is 0 Å². The van der Waals surface area contributed by atoms with Crippen molar-refractivity contribution in [2.45, 2.75) is 52.9 Å². The van der Waals surface area contributed by atoms with Crippen LogP contribution in [0, 0.1) is 6.92 Å². The molecule has 0 aliphatic rings. The van der Waals surface area contributed by atoms with Gasteiger partial charge in [-0.3, -0.25) is 0 Å². The van der Waals surface area contributed by atoms with Crippen LogP contribution in [0.2, 0.25) is 0 Å². The molecule has 0 saturated carbocycles. The number of rotatable bonds is 6. The number of aromatic nitrogens is 2. The number of aryl methyl sites for hydroxylation is 2. The summed E-state index contributed by atoms with van der Waals surface area (Å²) in [5, 5.41) is 15.0. The minimum absolute atomic E-state index is 0.390. The Morgan fingerprint density at radius 2 is 1.75 bits per heavy atom. The van der Waals surface area contributed by atoms with Gasteiger partial charge in [0.1, 0.15) is 5.69 Å². The standard InChI is InChI=1S/C17H24N2O/c1-4-6-8-15-17(20)16(7-5-2)19(18-15)14-11-9-13(3)10-12-14/h9-12,20H,4-8H2,1-3H3. The Labute approximate surface area is 121 Å². The second-order valence-electron chi connectivity index (χ2n) is 5.34. The van der Waals surface area contributed by atoms with E-state index in [1.165, 1.54) is 5.56 Å². The lowest BCUT2D eigenvalue weighted by molar-refractivity contribution is 0.459. The van der Waals surface area contributed by atoms with Gasteiger partial charge < -0.3 is 5.11 Å². The van der Waals surface area contributed by atoms with E-state index in [4.69, 9.17) is 0 Å². The molecule has 2 rings (SSSR count). The zero-order chi connectivity index (χ0) is 14.5. The van der Waals surface area contributed by atoms with Gasteiger partial charge in [0.05, 0.1) is 11.4 Å². The molecule has 0 aliphatic heterocycles. The van der Waals surface area contributed by atoms with Crippen molar-refractivity contribution in [3.8, 4) is 11.4 Å². The molecule has 108 valence electrons. The minimum atomic E-state index is 0.390. The average molecular weight is 272 g/mol. The molecule has 1 aromatic carbocycles. The number of benzene rings is 1. The van der Waals surface area contributed by atoms with E-state index in [-0.39, 0.29) is 0 Å². The summed E-state index contributed by atoms with van der Waals surface area (Å²) in [5.41, 5.74) is 4.02. The van der Waals surface area contributed by atoms with Crippen LogP contribution < -0.4 is 0 Å². The summed E-state index contributed by atoms with van der Waals surface area (Å²) in [6.45, 7) is 6.35. The lowest BCUT2D eigenvalue weighted by atomic mass is 10.1. The van der Waals surface area contributed by atoms with E-state index in [1.54, 1.807) is 0 Å².